The molecule has 0 aromatic heterocycles. The van der Waals surface area contributed by atoms with Crippen molar-refractivity contribution >= 4 is 29.2 Å². The maximum atomic E-state index is 13.1. The molecule has 6 heteroatoms. The minimum atomic E-state index is -0.171. The van der Waals surface area contributed by atoms with Gasteiger partial charge in [-0.3, -0.25) is 4.79 Å². The van der Waals surface area contributed by atoms with Crippen molar-refractivity contribution in [1.82, 2.24) is 9.80 Å². The van der Waals surface area contributed by atoms with Gasteiger partial charge in [-0.25, -0.2) is 4.79 Å². The van der Waals surface area contributed by atoms with E-state index in [1.165, 1.54) is 5.56 Å². The lowest BCUT2D eigenvalue weighted by molar-refractivity contribution is -0.130. The Hall–Kier alpha value is -2.53. The van der Waals surface area contributed by atoms with E-state index in [2.05, 4.69) is 29.6 Å². The quantitative estimate of drug-likeness (QED) is 0.810. The van der Waals surface area contributed by atoms with Crippen LogP contribution in [-0.4, -0.2) is 40.9 Å². The lowest BCUT2D eigenvalue weighted by Gasteiger charge is -2.38. The first-order valence-electron chi connectivity index (χ1n) is 9.57. The number of aryl methyl sites for hydroxylation is 1. The molecule has 2 aromatic rings. The molecule has 28 heavy (non-hydrogen) atoms. The number of carbonyl (C=O) groups is 2. The van der Waals surface area contributed by atoms with Gasteiger partial charge in [-0.2, -0.15) is 0 Å². The Kier molecular flexibility index (Phi) is 6.57. The molecule has 0 bridgehead atoms. The molecule has 0 unspecified atom stereocenters. The molecule has 3 amide bonds. The number of nitrogens with zero attached hydrogens (tertiary/aromatic N) is 2. The zero-order valence-corrected chi connectivity index (χ0v) is 17.1. The van der Waals surface area contributed by atoms with Crippen LogP contribution in [0.4, 0.5) is 10.5 Å². The molecule has 1 N–H and O–H groups in total. The van der Waals surface area contributed by atoms with Gasteiger partial charge in [-0.1, -0.05) is 53.6 Å². The Bertz CT molecular complexity index is 830. The van der Waals surface area contributed by atoms with E-state index in [1.54, 1.807) is 19.1 Å². The molecule has 1 heterocycles. The SMILES string of the molecule is CC(=O)N1CCC(N(Cc2ccc(C)cc2)C(=O)Nc2ccccc2Cl)CC1. The first-order valence-corrected chi connectivity index (χ1v) is 9.95. The van der Waals surface area contributed by atoms with E-state index in [-0.39, 0.29) is 18.0 Å². The monoisotopic (exact) mass is 399 g/mol. The third kappa shape index (κ3) is 5.04. The molecule has 0 aliphatic carbocycles. The summed E-state index contributed by atoms with van der Waals surface area (Å²) in [6.45, 7) is 5.49. The fourth-order valence-electron chi connectivity index (χ4n) is 3.50. The largest absolute Gasteiger partial charge is 0.343 e. The van der Waals surface area contributed by atoms with E-state index in [0.717, 1.165) is 18.4 Å². The second kappa shape index (κ2) is 9.11. The highest BCUT2D eigenvalue weighted by atomic mass is 35.5. The number of carbonyl (C=O) groups excluding carboxylic acids is 2. The first-order chi connectivity index (χ1) is 13.4. The molecule has 0 spiro atoms. The predicted octanol–water partition coefficient (Wildman–Crippen LogP) is 4.69. The Morgan fingerprint density at radius 3 is 2.36 bits per heavy atom. The van der Waals surface area contributed by atoms with Gasteiger partial charge in [0.25, 0.3) is 0 Å². The number of piperidine rings is 1. The van der Waals surface area contributed by atoms with Crippen molar-refractivity contribution in [3.05, 3.63) is 64.7 Å². The summed E-state index contributed by atoms with van der Waals surface area (Å²) < 4.78 is 0. The number of amides is 3. The highest BCUT2D eigenvalue weighted by molar-refractivity contribution is 6.33. The molecule has 0 saturated carbocycles. The molecule has 3 rings (SSSR count). The number of rotatable bonds is 4. The van der Waals surface area contributed by atoms with Crippen molar-refractivity contribution in [3.63, 3.8) is 0 Å². The van der Waals surface area contributed by atoms with E-state index in [0.29, 0.717) is 30.3 Å². The Labute approximate surface area is 171 Å². The fraction of sp³-hybridized carbons (Fsp3) is 0.364. The van der Waals surface area contributed by atoms with Crippen molar-refractivity contribution in [2.75, 3.05) is 18.4 Å². The van der Waals surface area contributed by atoms with Crippen molar-refractivity contribution in [3.8, 4) is 0 Å². The molecule has 148 valence electrons. The van der Waals surface area contributed by atoms with Crippen LogP contribution in [0.5, 0.6) is 0 Å². The molecular formula is C22H26ClN3O2. The van der Waals surface area contributed by atoms with Crippen LogP contribution in [0.25, 0.3) is 0 Å². The van der Waals surface area contributed by atoms with Gasteiger partial charge in [-0.05, 0) is 37.5 Å². The standard InChI is InChI=1S/C22H26ClN3O2/c1-16-7-9-18(10-8-16)15-26(19-11-13-25(14-12-19)17(2)27)22(28)24-21-6-4-3-5-20(21)23/h3-10,19H,11-15H2,1-2H3,(H,24,28). The Morgan fingerprint density at radius 1 is 1.11 bits per heavy atom. The third-order valence-electron chi connectivity index (χ3n) is 5.20. The van der Waals surface area contributed by atoms with E-state index >= 15 is 0 Å². The van der Waals surface area contributed by atoms with Gasteiger partial charge in [0.05, 0.1) is 10.7 Å². The third-order valence-corrected chi connectivity index (χ3v) is 5.53. The van der Waals surface area contributed by atoms with E-state index in [1.807, 2.05) is 28.9 Å². The summed E-state index contributed by atoms with van der Waals surface area (Å²) in [6.07, 6.45) is 1.53. The zero-order chi connectivity index (χ0) is 20.1. The number of urea groups is 1. The summed E-state index contributed by atoms with van der Waals surface area (Å²) in [5, 5.41) is 3.46. The minimum Gasteiger partial charge on any atom is -0.343 e. The summed E-state index contributed by atoms with van der Waals surface area (Å²) in [4.78, 5) is 28.5. The smallest absolute Gasteiger partial charge is 0.322 e. The van der Waals surface area contributed by atoms with Gasteiger partial charge >= 0.3 is 6.03 Å². The van der Waals surface area contributed by atoms with Crippen LogP contribution in [-0.2, 0) is 11.3 Å². The lowest BCUT2D eigenvalue weighted by Crippen LogP contribution is -2.49. The predicted molar refractivity (Wildman–Crippen MR) is 112 cm³/mol. The van der Waals surface area contributed by atoms with Crippen LogP contribution >= 0.6 is 11.6 Å². The van der Waals surface area contributed by atoms with E-state index < -0.39 is 0 Å². The Morgan fingerprint density at radius 2 is 1.75 bits per heavy atom. The molecule has 5 nitrogen and oxygen atoms in total. The van der Waals surface area contributed by atoms with Crippen LogP contribution in [0.1, 0.15) is 30.9 Å². The lowest BCUT2D eigenvalue weighted by atomic mass is 10.0. The Balaban J connectivity index is 1.77. The van der Waals surface area contributed by atoms with Gasteiger partial charge < -0.3 is 15.1 Å². The van der Waals surface area contributed by atoms with Gasteiger partial charge in [0.2, 0.25) is 5.91 Å². The number of anilines is 1. The van der Waals surface area contributed by atoms with Gasteiger partial charge in [-0.15, -0.1) is 0 Å². The minimum absolute atomic E-state index is 0.0689. The van der Waals surface area contributed by atoms with Gasteiger partial charge in [0.1, 0.15) is 0 Å². The molecule has 0 radical (unpaired) electrons. The van der Waals surface area contributed by atoms with Crippen molar-refractivity contribution in [2.45, 2.75) is 39.3 Å². The summed E-state index contributed by atoms with van der Waals surface area (Å²) >= 11 is 6.21. The van der Waals surface area contributed by atoms with E-state index in [4.69, 9.17) is 11.6 Å². The number of benzene rings is 2. The van der Waals surface area contributed by atoms with E-state index in [9.17, 15) is 9.59 Å². The number of hydrogen-bond donors (Lipinski definition) is 1. The molecule has 1 saturated heterocycles. The van der Waals surface area contributed by atoms with Crippen molar-refractivity contribution < 1.29 is 9.59 Å². The average Bonchev–Trinajstić information content (AvgIpc) is 2.69. The summed E-state index contributed by atoms with van der Waals surface area (Å²) in [5.74, 6) is 0.0871. The first kappa shape index (κ1) is 20.2. The summed E-state index contributed by atoms with van der Waals surface area (Å²) in [5.41, 5.74) is 2.86. The molecule has 2 aromatic carbocycles. The zero-order valence-electron chi connectivity index (χ0n) is 16.3. The molecular weight excluding hydrogens is 374 g/mol. The average molecular weight is 400 g/mol. The molecule has 1 fully saturated rings. The van der Waals surface area contributed by atoms with Gasteiger partial charge in [0.15, 0.2) is 0 Å². The molecule has 0 atom stereocenters. The van der Waals surface area contributed by atoms with Crippen LogP contribution < -0.4 is 5.32 Å². The number of para-hydroxylation sites is 1. The van der Waals surface area contributed by atoms with Gasteiger partial charge in [0, 0.05) is 32.6 Å². The number of halogens is 1. The van der Waals surface area contributed by atoms with Crippen molar-refractivity contribution in [2.24, 2.45) is 0 Å². The number of nitrogens with one attached hydrogen (secondary N) is 1. The van der Waals surface area contributed by atoms with Crippen LogP contribution in [0.15, 0.2) is 48.5 Å². The maximum Gasteiger partial charge on any atom is 0.322 e. The number of hydrogen-bond acceptors (Lipinski definition) is 2. The maximum absolute atomic E-state index is 13.1. The molecule has 1 aliphatic heterocycles. The normalized spacial score (nSPS) is 14.6. The summed E-state index contributed by atoms with van der Waals surface area (Å²) in [7, 11) is 0. The fourth-order valence-corrected chi connectivity index (χ4v) is 3.68. The highest BCUT2D eigenvalue weighted by Gasteiger charge is 2.29. The van der Waals surface area contributed by atoms with Crippen LogP contribution in [0.2, 0.25) is 5.02 Å². The second-order valence-corrected chi connectivity index (χ2v) is 7.67. The summed E-state index contributed by atoms with van der Waals surface area (Å²) in [6, 6.07) is 15.3. The molecule has 1 aliphatic rings. The van der Waals surface area contributed by atoms with Crippen LogP contribution in [0, 0.1) is 6.92 Å². The van der Waals surface area contributed by atoms with Crippen molar-refractivity contribution in [1.29, 1.82) is 0 Å². The topological polar surface area (TPSA) is 52.7 Å². The number of likely N-dealkylation sites (tertiary alicyclic amines) is 1. The highest BCUT2D eigenvalue weighted by Crippen LogP contribution is 2.24. The second-order valence-electron chi connectivity index (χ2n) is 7.26. The van der Waals surface area contributed by atoms with Crippen LogP contribution in [0.3, 0.4) is 0 Å².